The molecule has 9 heteroatoms. The number of hydrogen-bond donors (Lipinski definition) is 2. The zero-order chi connectivity index (χ0) is 34.6. The molecule has 0 radical (unpaired) electrons. The SMILES string of the molecule is CC(C)CCC[C@@H](C)[C@H]1CC[C@H]2[C@@H]3CC=C4CC(OC(=O)CCC(=O)NCC[N+](C)(C)CCCS(=O)(=O)O)CC[C@]4(C)[C@H]3CC[C@]12C. The Kier molecular flexibility index (Phi) is 12.7. The van der Waals surface area contributed by atoms with E-state index in [1.807, 2.05) is 14.1 Å². The Morgan fingerprint density at radius 2 is 1.74 bits per heavy atom. The van der Waals surface area contributed by atoms with E-state index in [9.17, 15) is 18.0 Å². The molecule has 4 aliphatic rings. The molecule has 0 aliphatic heterocycles. The monoisotopic (exact) mass is 679 g/mol. The number of carbonyl (C=O) groups excluding carboxylic acids is 2. The van der Waals surface area contributed by atoms with Crippen LogP contribution in [0.2, 0.25) is 0 Å². The second kappa shape index (κ2) is 15.6. The van der Waals surface area contributed by atoms with Gasteiger partial charge in [-0.3, -0.25) is 14.1 Å². The number of esters is 1. The molecule has 8 atom stereocenters. The number of likely N-dealkylation sites (N-methyl/N-ethyl adjacent to an activating group) is 1. The van der Waals surface area contributed by atoms with Crippen LogP contribution in [0.25, 0.3) is 0 Å². The lowest BCUT2D eigenvalue weighted by Crippen LogP contribution is -2.51. The quantitative estimate of drug-likeness (QED) is 0.0774. The normalized spacial score (nSPS) is 33.0. The summed E-state index contributed by atoms with van der Waals surface area (Å²) in [4.78, 5) is 25.2. The summed E-state index contributed by atoms with van der Waals surface area (Å²) in [7, 11) is -0.0501. The smallest absolute Gasteiger partial charge is 0.306 e. The highest BCUT2D eigenvalue weighted by Gasteiger charge is 2.59. The molecule has 3 saturated carbocycles. The van der Waals surface area contributed by atoms with Crippen molar-refractivity contribution < 1.29 is 31.8 Å². The summed E-state index contributed by atoms with van der Waals surface area (Å²) in [6.45, 7) is 14.0. The van der Waals surface area contributed by atoms with Crippen molar-refractivity contribution in [3.8, 4) is 0 Å². The third-order valence-corrected chi connectivity index (χ3v) is 14.1. The minimum Gasteiger partial charge on any atom is -0.462 e. The fourth-order valence-electron chi connectivity index (χ4n) is 10.6. The molecule has 8 nitrogen and oxygen atoms in total. The number of rotatable bonds is 16. The summed E-state index contributed by atoms with van der Waals surface area (Å²) >= 11 is 0. The van der Waals surface area contributed by atoms with Gasteiger partial charge in [-0.15, -0.1) is 0 Å². The van der Waals surface area contributed by atoms with Crippen molar-refractivity contribution in [1.82, 2.24) is 5.32 Å². The Balaban J connectivity index is 1.22. The van der Waals surface area contributed by atoms with Gasteiger partial charge in [0, 0.05) is 19.3 Å². The Hall–Kier alpha value is -1.45. The van der Waals surface area contributed by atoms with Crippen LogP contribution in [0.5, 0.6) is 0 Å². The molecule has 0 bridgehead atoms. The molecule has 0 heterocycles. The van der Waals surface area contributed by atoms with Crippen LogP contribution in [0.3, 0.4) is 0 Å². The standard InChI is InChI=1S/C38H66N2O6S/c1-27(2)10-8-11-28(3)32-14-15-33-31-13-12-29-26-30(18-20-37(29,4)34(31)19-21-38(32,33)5)46-36(42)17-16-35(41)39-22-24-40(6,7)23-9-25-47(43,44)45/h12,27-28,30-34H,8-11,13-26H2,1-7H3,(H-,39,41,43,44,45)/p+1/t28-,30?,31+,32-,33+,34+,37+,38-/m1/s1. The molecular formula is C38H67N2O6S+. The van der Waals surface area contributed by atoms with Crippen LogP contribution in [-0.4, -0.2) is 74.9 Å². The lowest BCUT2D eigenvalue weighted by atomic mass is 9.47. The largest absolute Gasteiger partial charge is 0.462 e. The first-order chi connectivity index (χ1) is 21.9. The summed E-state index contributed by atoms with van der Waals surface area (Å²) in [6.07, 6.45) is 16.6. The highest BCUT2D eigenvalue weighted by molar-refractivity contribution is 7.85. The van der Waals surface area contributed by atoms with Crippen molar-refractivity contribution in [3.05, 3.63) is 11.6 Å². The predicted molar refractivity (Wildman–Crippen MR) is 188 cm³/mol. The summed E-state index contributed by atoms with van der Waals surface area (Å²) < 4.78 is 37.3. The lowest BCUT2D eigenvalue weighted by Gasteiger charge is -2.58. The minimum atomic E-state index is -3.96. The van der Waals surface area contributed by atoms with E-state index in [0.29, 0.717) is 36.0 Å². The molecule has 0 aromatic heterocycles. The van der Waals surface area contributed by atoms with Crippen LogP contribution in [0.4, 0.5) is 0 Å². The lowest BCUT2D eigenvalue weighted by molar-refractivity contribution is -0.889. The number of nitrogens with zero attached hydrogens (tertiary/aromatic N) is 1. The number of ether oxygens (including phenoxy) is 1. The first kappa shape index (κ1) is 38.4. The van der Waals surface area contributed by atoms with E-state index >= 15 is 0 Å². The maximum Gasteiger partial charge on any atom is 0.306 e. The summed E-state index contributed by atoms with van der Waals surface area (Å²) in [6, 6.07) is 0. The summed E-state index contributed by atoms with van der Waals surface area (Å²) in [5, 5.41) is 2.87. The first-order valence-electron chi connectivity index (χ1n) is 18.9. The second-order valence-electron chi connectivity index (χ2n) is 17.5. The van der Waals surface area contributed by atoms with Crippen molar-refractivity contribution in [2.75, 3.05) is 39.5 Å². The molecular weight excluding hydrogens is 612 g/mol. The number of quaternary nitrogens is 1. The number of fused-ring (bicyclic) bond motifs is 5. The van der Waals surface area contributed by atoms with E-state index in [4.69, 9.17) is 9.29 Å². The third kappa shape index (κ3) is 9.84. The highest BCUT2D eigenvalue weighted by Crippen LogP contribution is 2.67. The Morgan fingerprint density at radius 3 is 2.45 bits per heavy atom. The van der Waals surface area contributed by atoms with Gasteiger partial charge in [0.25, 0.3) is 10.1 Å². The van der Waals surface area contributed by atoms with Crippen molar-refractivity contribution >= 4 is 22.0 Å². The van der Waals surface area contributed by atoms with Gasteiger partial charge < -0.3 is 14.5 Å². The first-order valence-corrected chi connectivity index (χ1v) is 20.5. The van der Waals surface area contributed by atoms with Gasteiger partial charge in [0.05, 0.1) is 45.9 Å². The van der Waals surface area contributed by atoms with E-state index in [1.165, 1.54) is 56.9 Å². The molecule has 0 saturated heterocycles. The molecule has 3 fully saturated rings. The predicted octanol–water partition coefficient (Wildman–Crippen LogP) is 7.19. The van der Waals surface area contributed by atoms with E-state index in [0.717, 1.165) is 54.8 Å². The maximum atomic E-state index is 12.8. The number of carbonyl (C=O) groups is 2. The van der Waals surface area contributed by atoms with E-state index in [1.54, 1.807) is 0 Å². The van der Waals surface area contributed by atoms with Gasteiger partial charge in [0.15, 0.2) is 0 Å². The molecule has 47 heavy (non-hydrogen) atoms. The molecule has 270 valence electrons. The van der Waals surface area contributed by atoms with Crippen molar-refractivity contribution in [3.63, 3.8) is 0 Å². The van der Waals surface area contributed by atoms with Crippen molar-refractivity contribution in [2.45, 2.75) is 131 Å². The topological polar surface area (TPSA) is 110 Å². The van der Waals surface area contributed by atoms with E-state index in [2.05, 4.69) is 46.0 Å². The zero-order valence-electron chi connectivity index (χ0n) is 30.7. The van der Waals surface area contributed by atoms with Crippen LogP contribution in [0.15, 0.2) is 11.6 Å². The van der Waals surface area contributed by atoms with Gasteiger partial charge in [-0.25, -0.2) is 0 Å². The van der Waals surface area contributed by atoms with Crippen molar-refractivity contribution in [2.24, 2.45) is 46.3 Å². The fraction of sp³-hybridized carbons (Fsp3) is 0.895. The molecule has 0 spiro atoms. The van der Waals surface area contributed by atoms with Gasteiger partial charge in [-0.2, -0.15) is 8.42 Å². The molecule has 1 amide bonds. The molecule has 0 aromatic rings. The number of hydrogen-bond acceptors (Lipinski definition) is 5. The van der Waals surface area contributed by atoms with Crippen LogP contribution in [0.1, 0.15) is 125 Å². The Bertz CT molecular complexity index is 1230. The second-order valence-corrected chi connectivity index (χ2v) is 19.1. The third-order valence-electron chi connectivity index (χ3n) is 13.3. The number of amides is 1. The van der Waals surface area contributed by atoms with Crippen LogP contribution >= 0.6 is 0 Å². The van der Waals surface area contributed by atoms with E-state index in [-0.39, 0.29) is 42.0 Å². The average Bonchev–Trinajstić information content (AvgIpc) is 3.32. The van der Waals surface area contributed by atoms with Crippen LogP contribution < -0.4 is 5.32 Å². The molecule has 4 aliphatic carbocycles. The van der Waals surface area contributed by atoms with Crippen LogP contribution in [-0.2, 0) is 24.4 Å². The van der Waals surface area contributed by atoms with Gasteiger partial charge in [0.1, 0.15) is 6.10 Å². The van der Waals surface area contributed by atoms with Crippen molar-refractivity contribution in [1.29, 1.82) is 0 Å². The summed E-state index contributed by atoms with van der Waals surface area (Å²) in [5.74, 6) is 4.12. The van der Waals surface area contributed by atoms with Gasteiger partial charge in [0.2, 0.25) is 5.91 Å². The molecule has 4 rings (SSSR count). The van der Waals surface area contributed by atoms with Gasteiger partial charge >= 0.3 is 5.97 Å². The van der Waals surface area contributed by atoms with Gasteiger partial charge in [-0.05, 0) is 91.3 Å². The molecule has 2 N–H and O–H groups in total. The highest BCUT2D eigenvalue weighted by atomic mass is 32.2. The number of allylic oxidation sites excluding steroid dienone is 1. The Morgan fingerprint density at radius 1 is 1.00 bits per heavy atom. The summed E-state index contributed by atoms with van der Waals surface area (Å²) in [5.41, 5.74) is 2.21. The van der Waals surface area contributed by atoms with Gasteiger partial charge in [-0.1, -0.05) is 65.5 Å². The zero-order valence-corrected chi connectivity index (χ0v) is 31.5. The van der Waals surface area contributed by atoms with E-state index < -0.39 is 10.1 Å². The number of nitrogens with one attached hydrogen (secondary N) is 1. The fourth-order valence-corrected chi connectivity index (χ4v) is 11.1. The average molecular weight is 680 g/mol. The maximum absolute atomic E-state index is 12.8. The Labute approximate surface area is 286 Å². The molecule has 0 aromatic carbocycles. The minimum absolute atomic E-state index is 0.0767. The molecule has 1 unspecified atom stereocenters. The van der Waals surface area contributed by atoms with Crippen LogP contribution in [0, 0.1) is 46.3 Å².